The summed E-state index contributed by atoms with van der Waals surface area (Å²) in [6.07, 6.45) is 3.71. The molecule has 2 aromatic rings. The Balaban J connectivity index is 1.97. The summed E-state index contributed by atoms with van der Waals surface area (Å²) >= 11 is 1.62. The molecule has 0 spiro atoms. The smallest absolute Gasteiger partial charge is 0.254 e. The third kappa shape index (κ3) is 4.32. The van der Waals surface area contributed by atoms with Gasteiger partial charge in [-0.2, -0.15) is 5.26 Å². The lowest BCUT2D eigenvalue weighted by atomic mass is 9.85. The van der Waals surface area contributed by atoms with E-state index in [1.54, 1.807) is 24.1 Å². The number of benzene rings is 1. The zero-order valence-corrected chi connectivity index (χ0v) is 16.8. The number of amides is 1. The summed E-state index contributed by atoms with van der Waals surface area (Å²) in [5.41, 5.74) is 2.44. The van der Waals surface area contributed by atoms with Gasteiger partial charge in [0, 0.05) is 11.4 Å². The maximum atomic E-state index is 13.1. The van der Waals surface area contributed by atoms with Crippen LogP contribution in [-0.2, 0) is 4.79 Å². The van der Waals surface area contributed by atoms with Crippen LogP contribution in [0.1, 0.15) is 38.4 Å². The fourth-order valence-electron chi connectivity index (χ4n) is 3.11. The molecule has 1 aliphatic rings. The number of thioether (sulfide) groups is 1. The van der Waals surface area contributed by atoms with Crippen LogP contribution in [0.25, 0.3) is 0 Å². The van der Waals surface area contributed by atoms with Gasteiger partial charge in [-0.25, -0.2) is 0 Å². The van der Waals surface area contributed by atoms with Crippen LogP contribution in [0.15, 0.2) is 75.0 Å². The van der Waals surface area contributed by atoms with Gasteiger partial charge in [-0.3, -0.25) is 4.79 Å². The first-order valence-electron chi connectivity index (χ1n) is 9.30. The predicted molar refractivity (Wildman–Crippen MR) is 112 cm³/mol. The predicted octanol–water partition coefficient (Wildman–Crippen LogP) is 5.15. The highest BCUT2D eigenvalue weighted by molar-refractivity contribution is 8.03. The third-order valence-electron chi connectivity index (χ3n) is 4.50. The summed E-state index contributed by atoms with van der Waals surface area (Å²) in [6, 6.07) is 15.2. The number of hydrogen-bond donors (Lipinski definition) is 2. The van der Waals surface area contributed by atoms with Crippen LogP contribution in [0.4, 0.5) is 5.69 Å². The largest absolute Gasteiger partial charge is 0.468 e. The van der Waals surface area contributed by atoms with Crippen LogP contribution in [0.2, 0.25) is 0 Å². The Hall–Kier alpha value is -2.91. The average molecular weight is 394 g/mol. The molecule has 1 atom stereocenters. The number of allylic oxidation sites excluding steroid dienone is 2. The molecule has 1 aliphatic heterocycles. The van der Waals surface area contributed by atoms with Crippen molar-refractivity contribution in [3.8, 4) is 6.07 Å². The van der Waals surface area contributed by atoms with E-state index in [1.165, 1.54) is 0 Å². The molecule has 0 saturated heterocycles. The molecule has 6 heteroatoms. The molecule has 0 aliphatic carbocycles. The molecule has 0 bridgehead atoms. The molecule has 1 amide bonds. The minimum atomic E-state index is -0.533. The molecule has 2 N–H and O–H groups in total. The van der Waals surface area contributed by atoms with Gasteiger partial charge in [0.2, 0.25) is 0 Å². The number of dihydropyridines is 1. The van der Waals surface area contributed by atoms with Gasteiger partial charge < -0.3 is 15.1 Å². The minimum Gasteiger partial charge on any atom is -0.468 e. The summed E-state index contributed by atoms with van der Waals surface area (Å²) < 4.78 is 5.62. The molecule has 1 aromatic heterocycles. The van der Waals surface area contributed by atoms with Gasteiger partial charge in [0.1, 0.15) is 5.76 Å². The van der Waals surface area contributed by atoms with Gasteiger partial charge in [0.05, 0.1) is 34.4 Å². The lowest BCUT2D eigenvalue weighted by Crippen LogP contribution is -2.30. The van der Waals surface area contributed by atoms with Gasteiger partial charge in [0.25, 0.3) is 5.91 Å². The van der Waals surface area contributed by atoms with Crippen LogP contribution in [0.3, 0.4) is 0 Å². The third-order valence-corrected chi connectivity index (χ3v) is 5.60. The number of anilines is 1. The number of carbonyl (C=O) groups excluding carboxylic acids is 1. The van der Waals surface area contributed by atoms with Crippen LogP contribution in [0.5, 0.6) is 0 Å². The number of rotatable bonds is 7. The van der Waals surface area contributed by atoms with E-state index in [4.69, 9.17) is 4.42 Å². The number of furan rings is 1. The highest BCUT2D eigenvalue weighted by Gasteiger charge is 2.36. The van der Waals surface area contributed by atoms with E-state index in [0.29, 0.717) is 22.6 Å². The van der Waals surface area contributed by atoms with Crippen molar-refractivity contribution in [2.24, 2.45) is 0 Å². The highest BCUT2D eigenvalue weighted by Crippen LogP contribution is 2.41. The topological polar surface area (TPSA) is 78.1 Å². The molecule has 0 fully saturated rings. The van der Waals surface area contributed by atoms with Gasteiger partial charge >= 0.3 is 0 Å². The Morgan fingerprint density at radius 3 is 2.71 bits per heavy atom. The van der Waals surface area contributed by atoms with Gasteiger partial charge in [-0.05, 0) is 43.4 Å². The highest BCUT2D eigenvalue weighted by atomic mass is 32.2. The van der Waals surface area contributed by atoms with E-state index >= 15 is 0 Å². The van der Waals surface area contributed by atoms with Gasteiger partial charge in [-0.15, -0.1) is 11.8 Å². The summed E-state index contributed by atoms with van der Waals surface area (Å²) in [5.74, 6) is 0.717. The van der Waals surface area contributed by atoms with E-state index < -0.39 is 5.92 Å². The van der Waals surface area contributed by atoms with Crippen molar-refractivity contribution in [1.29, 1.82) is 5.26 Å². The Kier molecular flexibility index (Phi) is 6.62. The summed E-state index contributed by atoms with van der Waals surface area (Å²) in [7, 11) is 0. The van der Waals surface area contributed by atoms with Crippen molar-refractivity contribution in [3.05, 3.63) is 76.4 Å². The van der Waals surface area contributed by atoms with Crippen molar-refractivity contribution in [2.75, 3.05) is 11.1 Å². The van der Waals surface area contributed by atoms with Crippen molar-refractivity contribution in [2.45, 2.75) is 32.6 Å². The van der Waals surface area contributed by atoms with E-state index in [2.05, 4.69) is 23.6 Å². The van der Waals surface area contributed by atoms with Crippen molar-refractivity contribution < 1.29 is 9.21 Å². The average Bonchev–Trinajstić information content (AvgIpc) is 3.23. The number of hydrogen-bond acceptors (Lipinski definition) is 5. The fourth-order valence-corrected chi connectivity index (χ4v) is 4.29. The molecule has 0 radical (unpaired) electrons. The second kappa shape index (κ2) is 9.34. The molecule has 3 rings (SSSR count). The molecule has 2 heterocycles. The minimum absolute atomic E-state index is 0.247. The normalized spacial score (nSPS) is 16.5. The fraction of sp³-hybridized carbons (Fsp3) is 0.273. The van der Waals surface area contributed by atoms with Crippen molar-refractivity contribution >= 4 is 23.4 Å². The van der Waals surface area contributed by atoms with Gasteiger partial charge in [0.15, 0.2) is 0 Å². The Morgan fingerprint density at radius 2 is 2.07 bits per heavy atom. The molecule has 1 aromatic carbocycles. The van der Waals surface area contributed by atoms with E-state index in [9.17, 15) is 10.1 Å². The maximum absolute atomic E-state index is 13.1. The number of carbonyl (C=O) groups is 1. The van der Waals surface area contributed by atoms with E-state index in [1.807, 2.05) is 43.3 Å². The van der Waals surface area contributed by atoms with Crippen molar-refractivity contribution in [1.82, 2.24) is 5.32 Å². The number of nitriles is 1. The second-order valence-corrected chi connectivity index (χ2v) is 7.59. The SMILES string of the molecule is CCCCSC1=C(C#N)C(c2ccco2)C(C(=O)Nc2ccccc2)=C(C)N1. The molecular formula is C22H23N3O2S. The lowest BCUT2D eigenvalue weighted by molar-refractivity contribution is -0.113. The zero-order valence-electron chi connectivity index (χ0n) is 16.0. The first-order valence-corrected chi connectivity index (χ1v) is 10.3. The van der Waals surface area contributed by atoms with Crippen LogP contribution in [0, 0.1) is 11.3 Å². The summed E-state index contributed by atoms with van der Waals surface area (Å²) in [6.45, 7) is 4.00. The number of unbranched alkanes of at least 4 members (excludes halogenated alkanes) is 1. The Bertz CT molecular complexity index is 924. The van der Waals surface area contributed by atoms with Crippen LogP contribution >= 0.6 is 11.8 Å². The van der Waals surface area contributed by atoms with Crippen LogP contribution in [-0.4, -0.2) is 11.7 Å². The van der Waals surface area contributed by atoms with Crippen molar-refractivity contribution in [3.63, 3.8) is 0 Å². The number of nitrogens with zero attached hydrogens (tertiary/aromatic N) is 1. The number of para-hydroxylation sites is 1. The maximum Gasteiger partial charge on any atom is 0.254 e. The Morgan fingerprint density at radius 1 is 1.29 bits per heavy atom. The molecule has 144 valence electrons. The first-order chi connectivity index (χ1) is 13.7. The molecule has 0 saturated carbocycles. The molecule has 1 unspecified atom stereocenters. The van der Waals surface area contributed by atoms with Gasteiger partial charge in [-0.1, -0.05) is 31.5 Å². The van der Waals surface area contributed by atoms with E-state index in [0.717, 1.165) is 29.3 Å². The van der Waals surface area contributed by atoms with Crippen LogP contribution < -0.4 is 10.6 Å². The molecule has 5 nitrogen and oxygen atoms in total. The summed E-state index contributed by atoms with van der Waals surface area (Å²) in [5, 5.41) is 16.9. The quantitative estimate of drug-likeness (QED) is 0.636. The Labute approximate surface area is 169 Å². The molecule has 28 heavy (non-hydrogen) atoms. The standard InChI is InChI=1S/C22H23N3O2S/c1-3-4-13-28-22-17(14-23)20(18-11-8-12-27-18)19(15(2)24-22)21(26)25-16-9-6-5-7-10-16/h5-12,20,24H,3-4,13H2,1-2H3,(H,25,26). The first kappa shape index (κ1) is 19.8. The molecular weight excluding hydrogens is 370 g/mol. The second-order valence-electron chi connectivity index (χ2n) is 6.49. The summed E-state index contributed by atoms with van der Waals surface area (Å²) in [4.78, 5) is 13.1. The zero-order chi connectivity index (χ0) is 19.9. The monoisotopic (exact) mass is 393 g/mol. The lowest BCUT2D eigenvalue weighted by Gasteiger charge is -2.28. The number of nitrogens with one attached hydrogen (secondary N) is 2. The van der Waals surface area contributed by atoms with E-state index in [-0.39, 0.29) is 5.91 Å².